The third-order valence-electron chi connectivity index (χ3n) is 2.80. The Bertz CT molecular complexity index is 332. The number of benzene rings is 1. The predicted octanol–water partition coefficient (Wildman–Crippen LogP) is 3.87. The number of hydrogen-bond donors (Lipinski definition) is 1. The van der Waals surface area contributed by atoms with Crippen LogP contribution in [0.15, 0.2) is 22.7 Å². The number of aromatic hydroxyl groups is 1. The summed E-state index contributed by atoms with van der Waals surface area (Å²) in [5.74, 6) is 0.805. The van der Waals surface area contributed by atoms with E-state index in [1.807, 2.05) is 18.2 Å². The lowest BCUT2D eigenvalue weighted by atomic mass is 9.98. The zero-order valence-corrected chi connectivity index (χ0v) is 10.2. The minimum atomic E-state index is 0.211. The Morgan fingerprint density at radius 1 is 1.20 bits per heavy atom. The van der Waals surface area contributed by atoms with E-state index < -0.39 is 0 Å². The number of ether oxygens (including phenoxy) is 1. The van der Waals surface area contributed by atoms with Crippen molar-refractivity contribution in [2.45, 2.75) is 38.2 Å². The lowest BCUT2D eigenvalue weighted by Crippen LogP contribution is -2.19. The molecule has 82 valence electrons. The molecule has 0 amide bonds. The molecule has 0 saturated heterocycles. The van der Waals surface area contributed by atoms with Crippen molar-refractivity contribution in [3.63, 3.8) is 0 Å². The quantitative estimate of drug-likeness (QED) is 0.884. The Morgan fingerprint density at radius 3 is 2.67 bits per heavy atom. The molecule has 0 radical (unpaired) electrons. The Balaban J connectivity index is 2.06. The van der Waals surface area contributed by atoms with Gasteiger partial charge in [-0.2, -0.15) is 0 Å². The summed E-state index contributed by atoms with van der Waals surface area (Å²) in [4.78, 5) is 0. The monoisotopic (exact) mass is 270 g/mol. The van der Waals surface area contributed by atoms with Crippen LogP contribution >= 0.6 is 15.9 Å². The number of phenols is 1. The largest absolute Gasteiger partial charge is 0.503 e. The summed E-state index contributed by atoms with van der Waals surface area (Å²) in [7, 11) is 0. The van der Waals surface area contributed by atoms with Crippen molar-refractivity contribution in [3.8, 4) is 11.5 Å². The molecule has 1 aliphatic carbocycles. The fourth-order valence-corrected chi connectivity index (χ4v) is 2.30. The van der Waals surface area contributed by atoms with Crippen LogP contribution in [-0.2, 0) is 0 Å². The van der Waals surface area contributed by atoms with Gasteiger partial charge in [-0.05, 0) is 53.7 Å². The molecule has 0 atom stereocenters. The van der Waals surface area contributed by atoms with Crippen molar-refractivity contribution < 1.29 is 9.84 Å². The van der Waals surface area contributed by atoms with Crippen molar-refractivity contribution in [3.05, 3.63) is 22.7 Å². The Hall–Kier alpha value is -0.700. The van der Waals surface area contributed by atoms with E-state index in [-0.39, 0.29) is 11.9 Å². The molecule has 1 aromatic rings. The highest BCUT2D eigenvalue weighted by molar-refractivity contribution is 9.10. The van der Waals surface area contributed by atoms with Gasteiger partial charge in [0.25, 0.3) is 0 Å². The second kappa shape index (κ2) is 4.88. The zero-order valence-electron chi connectivity index (χ0n) is 8.58. The van der Waals surface area contributed by atoms with E-state index in [0.717, 1.165) is 12.8 Å². The molecule has 0 unspecified atom stereocenters. The first-order valence-electron chi connectivity index (χ1n) is 5.41. The minimum absolute atomic E-state index is 0.211. The van der Waals surface area contributed by atoms with Crippen LogP contribution in [0.1, 0.15) is 32.1 Å². The van der Waals surface area contributed by atoms with Gasteiger partial charge in [-0.1, -0.05) is 12.5 Å². The van der Waals surface area contributed by atoms with Gasteiger partial charge in [0.05, 0.1) is 10.6 Å². The van der Waals surface area contributed by atoms with Crippen LogP contribution in [-0.4, -0.2) is 11.2 Å². The van der Waals surface area contributed by atoms with E-state index in [4.69, 9.17) is 4.74 Å². The first-order chi connectivity index (χ1) is 7.27. The molecule has 1 aliphatic rings. The van der Waals surface area contributed by atoms with Gasteiger partial charge in [0.2, 0.25) is 0 Å². The SMILES string of the molecule is Oc1c(Br)cccc1OC1CCCCC1. The maximum atomic E-state index is 9.76. The van der Waals surface area contributed by atoms with Crippen molar-refractivity contribution >= 4 is 15.9 Å². The highest BCUT2D eigenvalue weighted by atomic mass is 79.9. The third kappa shape index (κ3) is 2.65. The summed E-state index contributed by atoms with van der Waals surface area (Å²) in [6, 6.07) is 5.50. The highest BCUT2D eigenvalue weighted by Crippen LogP contribution is 2.35. The summed E-state index contributed by atoms with van der Waals surface area (Å²) < 4.78 is 6.48. The van der Waals surface area contributed by atoms with Gasteiger partial charge in [0.15, 0.2) is 11.5 Å². The van der Waals surface area contributed by atoms with Gasteiger partial charge in [-0.3, -0.25) is 0 Å². The molecule has 0 heterocycles. The Morgan fingerprint density at radius 2 is 1.93 bits per heavy atom. The van der Waals surface area contributed by atoms with Crippen LogP contribution in [0.3, 0.4) is 0 Å². The molecule has 1 N–H and O–H groups in total. The number of para-hydroxylation sites is 1. The topological polar surface area (TPSA) is 29.5 Å². The highest BCUT2D eigenvalue weighted by Gasteiger charge is 2.16. The molecule has 2 nitrogen and oxygen atoms in total. The van der Waals surface area contributed by atoms with Crippen molar-refractivity contribution in [2.75, 3.05) is 0 Å². The van der Waals surface area contributed by atoms with Crippen LogP contribution in [0.4, 0.5) is 0 Å². The predicted molar refractivity (Wildman–Crippen MR) is 63.3 cm³/mol. The summed E-state index contributed by atoms with van der Waals surface area (Å²) in [6.07, 6.45) is 6.26. The molecule has 15 heavy (non-hydrogen) atoms. The molecule has 2 rings (SSSR count). The first-order valence-corrected chi connectivity index (χ1v) is 6.21. The normalized spacial score (nSPS) is 17.7. The molecule has 1 aromatic carbocycles. The minimum Gasteiger partial charge on any atom is -0.503 e. The fourth-order valence-electron chi connectivity index (χ4n) is 1.95. The van der Waals surface area contributed by atoms with Gasteiger partial charge in [-0.25, -0.2) is 0 Å². The van der Waals surface area contributed by atoms with E-state index in [0.29, 0.717) is 10.2 Å². The van der Waals surface area contributed by atoms with Crippen molar-refractivity contribution in [1.82, 2.24) is 0 Å². The summed E-state index contributed by atoms with van der Waals surface area (Å²) in [5.41, 5.74) is 0. The van der Waals surface area contributed by atoms with Crippen LogP contribution in [0.25, 0.3) is 0 Å². The average molecular weight is 271 g/mol. The van der Waals surface area contributed by atoms with Crippen LogP contribution in [0, 0.1) is 0 Å². The second-order valence-corrected chi connectivity index (χ2v) is 4.82. The fraction of sp³-hybridized carbons (Fsp3) is 0.500. The summed E-state index contributed by atoms with van der Waals surface area (Å²) in [6.45, 7) is 0. The number of phenolic OH excluding ortho intramolecular Hbond substituents is 1. The molecule has 0 bridgehead atoms. The zero-order chi connectivity index (χ0) is 10.7. The molecule has 1 saturated carbocycles. The van der Waals surface area contributed by atoms with Gasteiger partial charge >= 0.3 is 0 Å². The van der Waals surface area contributed by atoms with Crippen molar-refractivity contribution in [1.29, 1.82) is 0 Å². The number of halogens is 1. The number of hydrogen-bond acceptors (Lipinski definition) is 2. The second-order valence-electron chi connectivity index (χ2n) is 3.96. The Labute approximate surface area is 98.4 Å². The Kier molecular flexibility index (Phi) is 3.52. The van der Waals surface area contributed by atoms with Crippen LogP contribution in [0.2, 0.25) is 0 Å². The lowest BCUT2D eigenvalue weighted by molar-refractivity contribution is 0.150. The van der Waals surface area contributed by atoms with E-state index in [9.17, 15) is 5.11 Å². The van der Waals surface area contributed by atoms with Gasteiger partial charge in [-0.15, -0.1) is 0 Å². The van der Waals surface area contributed by atoms with Crippen LogP contribution in [0.5, 0.6) is 11.5 Å². The standard InChI is InChI=1S/C12H15BrO2/c13-10-7-4-8-11(12(10)14)15-9-5-2-1-3-6-9/h4,7-9,14H,1-3,5-6H2. The molecule has 3 heteroatoms. The molecular weight excluding hydrogens is 256 g/mol. The molecule has 0 spiro atoms. The summed E-state index contributed by atoms with van der Waals surface area (Å²) >= 11 is 3.28. The van der Waals surface area contributed by atoms with Gasteiger partial charge in [0, 0.05) is 0 Å². The lowest BCUT2D eigenvalue weighted by Gasteiger charge is -2.23. The van der Waals surface area contributed by atoms with Crippen LogP contribution < -0.4 is 4.74 Å². The maximum Gasteiger partial charge on any atom is 0.172 e. The van der Waals surface area contributed by atoms with E-state index in [1.165, 1.54) is 19.3 Å². The molecule has 1 fully saturated rings. The number of rotatable bonds is 2. The van der Waals surface area contributed by atoms with Gasteiger partial charge < -0.3 is 9.84 Å². The first kappa shape index (κ1) is 10.8. The van der Waals surface area contributed by atoms with Crippen molar-refractivity contribution in [2.24, 2.45) is 0 Å². The third-order valence-corrected chi connectivity index (χ3v) is 3.44. The maximum absolute atomic E-state index is 9.76. The smallest absolute Gasteiger partial charge is 0.172 e. The molecular formula is C12H15BrO2. The molecule has 0 aliphatic heterocycles. The van der Waals surface area contributed by atoms with E-state index in [1.54, 1.807) is 0 Å². The molecule has 0 aromatic heterocycles. The summed E-state index contributed by atoms with van der Waals surface area (Å²) in [5, 5.41) is 9.76. The average Bonchev–Trinajstić information content (AvgIpc) is 2.26. The van der Waals surface area contributed by atoms with E-state index >= 15 is 0 Å². The van der Waals surface area contributed by atoms with E-state index in [2.05, 4.69) is 15.9 Å². The van der Waals surface area contributed by atoms with Gasteiger partial charge in [0.1, 0.15) is 0 Å².